The van der Waals surface area contributed by atoms with E-state index in [0.29, 0.717) is 6.04 Å². The highest BCUT2D eigenvalue weighted by atomic mass is 16.3. The van der Waals surface area contributed by atoms with Gasteiger partial charge in [-0.15, -0.1) is 0 Å². The lowest BCUT2D eigenvalue weighted by molar-refractivity contribution is 0.00523. The van der Waals surface area contributed by atoms with Crippen LogP contribution in [0.25, 0.3) is 0 Å². The molecule has 90 valence electrons. The zero-order chi connectivity index (χ0) is 11.3. The molecule has 0 aliphatic carbocycles. The standard InChI is InChI=1S/C12H26N2O/c1-4-8-14(10-12(3,15)5-2)11-6-7-13-9-11/h11,13,15H,4-10H2,1-3H3. The predicted molar refractivity (Wildman–Crippen MR) is 64.1 cm³/mol. The van der Waals surface area contributed by atoms with Gasteiger partial charge >= 0.3 is 0 Å². The van der Waals surface area contributed by atoms with Crippen LogP contribution >= 0.6 is 0 Å². The van der Waals surface area contributed by atoms with E-state index < -0.39 is 5.60 Å². The molecule has 3 nitrogen and oxygen atoms in total. The van der Waals surface area contributed by atoms with Gasteiger partial charge in [0.05, 0.1) is 5.60 Å². The van der Waals surface area contributed by atoms with E-state index in [2.05, 4.69) is 24.1 Å². The monoisotopic (exact) mass is 214 g/mol. The third kappa shape index (κ3) is 4.09. The topological polar surface area (TPSA) is 35.5 Å². The average molecular weight is 214 g/mol. The van der Waals surface area contributed by atoms with E-state index in [1.807, 2.05) is 6.92 Å². The Labute approximate surface area is 93.9 Å². The van der Waals surface area contributed by atoms with Crippen molar-refractivity contribution in [2.24, 2.45) is 0 Å². The minimum Gasteiger partial charge on any atom is -0.389 e. The van der Waals surface area contributed by atoms with Crippen molar-refractivity contribution in [1.29, 1.82) is 0 Å². The zero-order valence-electron chi connectivity index (χ0n) is 10.4. The Bertz CT molecular complexity index is 176. The summed E-state index contributed by atoms with van der Waals surface area (Å²) in [6.07, 6.45) is 3.21. The lowest BCUT2D eigenvalue weighted by atomic mass is 10.0. The molecule has 0 spiro atoms. The molecule has 1 aliphatic heterocycles. The van der Waals surface area contributed by atoms with Gasteiger partial charge in [-0.05, 0) is 39.3 Å². The Morgan fingerprint density at radius 2 is 2.20 bits per heavy atom. The van der Waals surface area contributed by atoms with Crippen LogP contribution in [-0.4, -0.2) is 47.8 Å². The van der Waals surface area contributed by atoms with Gasteiger partial charge in [-0.3, -0.25) is 4.90 Å². The zero-order valence-corrected chi connectivity index (χ0v) is 10.4. The van der Waals surface area contributed by atoms with Crippen molar-refractivity contribution < 1.29 is 5.11 Å². The molecule has 1 saturated heterocycles. The summed E-state index contributed by atoms with van der Waals surface area (Å²) >= 11 is 0. The first-order valence-corrected chi connectivity index (χ1v) is 6.26. The van der Waals surface area contributed by atoms with Crippen LogP contribution in [0.3, 0.4) is 0 Å². The first-order chi connectivity index (χ1) is 7.09. The first kappa shape index (κ1) is 12.9. The van der Waals surface area contributed by atoms with Crippen LogP contribution in [0.1, 0.15) is 40.0 Å². The van der Waals surface area contributed by atoms with Crippen molar-refractivity contribution in [3.63, 3.8) is 0 Å². The summed E-state index contributed by atoms with van der Waals surface area (Å²) < 4.78 is 0. The lowest BCUT2D eigenvalue weighted by Crippen LogP contribution is -2.46. The summed E-state index contributed by atoms with van der Waals surface area (Å²) in [4.78, 5) is 2.45. The second kappa shape index (κ2) is 5.83. The predicted octanol–water partition coefficient (Wildman–Crippen LogP) is 1.22. The average Bonchev–Trinajstić information content (AvgIpc) is 2.70. The number of nitrogens with zero attached hydrogens (tertiary/aromatic N) is 1. The molecular formula is C12H26N2O. The van der Waals surface area contributed by atoms with Crippen molar-refractivity contribution in [3.8, 4) is 0 Å². The van der Waals surface area contributed by atoms with E-state index in [1.165, 1.54) is 6.42 Å². The molecule has 3 heteroatoms. The molecule has 0 aromatic rings. The highest BCUT2D eigenvalue weighted by Gasteiger charge is 2.27. The summed E-state index contributed by atoms with van der Waals surface area (Å²) in [5.74, 6) is 0. The number of rotatable bonds is 6. The second-order valence-electron chi connectivity index (χ2n) is 4.97. The molecule has 0 aromatic carbocycles. The number of hydrogen-bond donors (Lipinski definition) is 2. The van der Waals surface area contributed by atoms with Gasteiger partial charge in [0.1, 0.15) is 0 Å². The van der Waals surface area contributed by atoms with Crippen LogP contribution in [0.2, 0.25) is 0 Å². The molecular weight excluding hydrogens is 188 g/mol. The molecule has 2 unspecified atom stereocenters. The Kier molecular flexibility index (Phi) is 5.03. The molecule has 2 N–H and O–H groups in total. The fraction of sp³-hybridized carbons (Fsp3) is 1.00. The van der Waals surface area contributed by atoms with E-state index >= 15 is 0 Å². The van der Waals surface area contributed by atoms with Gasteiger partial charge in [-0.1, -0.05) is 13.8 Å². The maximum atomic E-state index is 10.1. The number of aliphatic hydroxyl groups is 1. The van der Waals surface area contributed by atoms with Crippen molar-refractivity contribution >= 4 is 0 Å². The van der Waals surface area contributed by atoms with Crippen LogP contribution in [0, 0.1) is 0 Å². The third-order valence-corrected chi connectivity index (χ3v) is 3.37. The molecule has 2 atom stereocenters. The summed E-state index contributed by atoms with van der Waals surface area (Å²) in [7, 11) is 0. The fourth-order valence-electron chi connectivity index (χ4n) is 2.18. The van der Waals surface area contributed by atoms with Crippen molar-refractivity contribution in [3.05, 3.63) is 0 Å². The van der Waals surface area contributed by atoms with Gasteiger partial charge in [0, 0.05) is 19.1 Å². The van der Waals surface area contributed by atoms with Gasteiger partial charge in [0.25, 0.3) is 0 Å². The quantitative estimate of drug-likeness (QED) is 0.698. The summed E-state index contributed by atoms with van der Waals surface area (Å²) in [6.45, 7) is 10.3. The van der Waals surface area contributed by atoms with Gasteiger partial charge < -0.3 is 10.4 Å². The minimum absolute atomic E-state index is 0.530. The second-order valence-corrected chi connectivity index (χ2v) is 4.97. The molecule has 1 heterocycles. The Morgan fingerprint density at radius 1 is 1.47 bits per heavy atom. The Balaban J connectivity index is 2.49. The molecule has 0 aromatic heterocycles. The van der Waals surface area contributed by atoms with E-state index in [-0.39, 0.29) is 0 Å². The SMILES string of the molecule is CCCN(CC(C)(O)CC)C1CCNC1. The number of hydrogen-bond acceptors (Lipinski definition) is 3. The van der Waals surface area contributed by atoms with Crippen LogP contribution < -0.4 is 5.32 Å². The fourth-order valence-corrected chi connectivity index (χ4v) is 2.18. The highest BCUT2D eigenvalue weighted by molar-refractivity contribution is 4.85. The van der Waals surface area contributed by atoms with Gasteiger partial charge in [-0.25, -0.2) is 0 Å². The molecule has 0 saturated carbocycles. The molecule has 15 heavy (non-hydrogen) atoms. The smallest absolute Gasteiger partial charge is 0.0743 e. The van der Waals surface area contributed by atoms with Crippen LogP contribution in [0.4, 0.5) is 0 Å². The van der Waals surface area contributed by atoms with Crippen molar-refractivity contribution in [1.82, 2.24) is 10.2 Å². The number of nitrogens with one attached hydrogen (secondary N) is 1. The lowest BCUT2D eigenvalue weighted by Gasteiger charge is -2.34. The molecule has 1 aliphatic rings. The minimum atomic E-state index is -0.530. The maximum absolute atomic E-state index is 10.1. The van der Waals surface area contributed by atoms with E-state index in [1.54, 1.807) is 0 Å². The van der Waals surface area contributed by atoms with Gasteiger partial charge in [-0.2, -0.15) is 0 Å². The molecule has 0 amide bonds. The third-order valence-electron chi connectivity index (χ3n) is 3.37. The van der Waals surface area contributed by atoms with Crippen LogP contribution in [0.15, 0.2) is 0 Å². The van der Waals surface area contributed by atoms with E-state index in [0.717, 1.165) is 39.0 Å². The summed E-state index contributed by atoms with van der Waals surface area (Å²) in [5.41, 5.74) is -0.530. The normalized spacial score (nSPS) is 25.8. The Morgan fingerprint density at radius 3 is 2.67 bits per heavy atom. The summed E-state index contributed by atoms with van der Waals surface area (Å²) in [6, 6.07) is 0.628. The van der Waals surface area contributed by atoms with Crippen molar-refractivity contribution in [2.75, 3.05) is 26.2 Å². The molecule has 1 fully saturated rings. The first-order valence-electron chi connectivity index (χ1n) is 6.26. The maximum Gasteiger partial charge on any atom is 0.0743 e. The molecule has 0 radical (unpaired) electrons. The Hall–Kier alpha value is -0.120. The molecule has 0 bridgehead atoms. The largest absolute Gasteiger partial charge is 0.389 e. The summed E-state index contributed by atoms with van der Waals surface area (Å²) in [5, 5.41) is 13.5. The highest BCUT2D eigenvalue weighted by Crippen LogP contribution is 2.16. The van der Waals surface area contributed by atoms with E-state index in [4.69, 9.17) is 0 Å². The van der Waals surface area contributed by atoms with E-state index in [9.17, 15) is 5.11 Å². The van der Waals surface area contributed by atoms with Crippen LogP contribution in [-0.2, 0) is 0 Å². The van der Waals surface area contributed by atoms with Gasteiger partial charge in [0.2, 0.25) is 0 Å². The molecule has 1 rings (SSSR count). The van der Waals surface area contributed by atoms with Crippen molar-refractivity contribution in [2.45, 2.75) is 51.7 Å². The van der Waals surface area contributed by atoms with Crippen LogP contribution in [0.5, 0.6) is 0 Å². The van der Waals surface area contributed by atoms with Gasteiger partial charge in [0.15, 0.2) is 0 Å².